The standard InChI is InChI=1S/C11H20N4S2/c1-3-5-7-15(8-6-4-2)10-12-9-13-11(14-10)17-16/h9,16H,3-8H2,1-2H3. The van der Waals surface area contributed by atoms with Crippen molar-refractivity contribution < 1.29 is 0 Å². The van der Waals surface area contributed by atoms with Gasteiger partial charge in [-0.25, -0.2) is 9.97 Å². The lowest BCUT2D eigenvalue weighted by Crippen LogP contribution is -2.27. The van der Waals surface area contributed by atoms with E-state index >= 15 is 0 Å². The number of hydrogen-bond donors (Lipinski definition) is 1. The zero-order valence-electron chi connectivity index (χ0n) is 10.5. The Kier molecular flexibility index (Phi) is 7.35. The molecular weight excluding hydrogens is 252 g/mol. The van der Waals surface area contributed by atoms with Gasteiger partial charge in [0.1, 0.15) is 6.33 Å². The Bertz CT molecular complexity index is 314. The van der Waals surface area contributed by atoms with Crippen molar-refractivity contribution in [2.75, 3.05) is 18.0 Å². The number of thiol groups is 1. The van der Waals surface area contributed by atoms with Gasteiger partial charge in [0, 0.05) is 13.1 Å². The smallest absolute Gasteiger partial charge is 0.229 e. The molecule has 0 radical (unpaired) electrons. The molecule has 1 aromatic heterocycles. The Morgan fingerprint density at radius 1 is 1.18 bits per heavy atom. The molecule has 0 aliphatic rings. The van der Waals surface area contributed by atoms with Gasteiger partial charge < -0.3 is 4.90 Å². The summed E-state index contributed by atoms with van der Waals surface area (Å²) in [6.07, 6.45) is 6.26. The van der Waals surface area contributed by atoms with Crippen LogP contribution in [0.3, 0.4) is 0 Å². The summed E-state index contributed by atoms with van der Waals surface area (Å²) in [4.78, 5) is 14.9. The molecular formula is C11H20N4S2. The normalized spacial score (nSPS) is 10.5. The fourth-order valence-corrected chi connectivity index (χ4v) is 1.96. The molecule has 0 unspecified atom stereocenters. The summed E-state index contributed by atoms with van der Waals surface area (Å²) in [6, 6.07) is 0. The van der Waals surface area contributed by atoms with E-state index in [4.69, 9.17) is 0 Å². The van der Waals surface area contributed by atoms with Crippen LogP contribution in [-0.4, -0.2) is 28.0 Å². The largest absolute Gasteiger partial charge is 0.341 e. The lowest BCUT2D eigenvalue weighted by molar-refractivity contribution is 0.655. The van der Waals surface area contributed by atoms with Crippen molar-refractivity contribution in [3.05, 3.63) is 6.33 Å². The molecule has 0 atom stereocenters. The molecule has 0 amide bonds. The van der Waals surface area contributed by atoms with Crippen LogP contribution in [-0.2, 0) is 0 Å². The Morgan fingerprint density at radius 2 is 1.82 bits per heavy atom. The fraction of sp³-hybridized carbons (Fsp3) is 0.727. The molecule has 0 saturated carbocycles. The molecule has 0 spiro atoms. The molecule has 17 heavy (non-hydrogen) atoms. The Labute approximate surface area is 112 Å². The number of unbranched alkanes of at least 4 members (excludes halogenated alkanes) is 2. The van der Waals surface area contributed by atoms with Crippen LogP contribution in [0.4, 0.5) is 5.95 Å². The highest BCUT2D eigenvalue weighted by atomic mass is 33.1. The summed E-state index contributed by atoms with van der Waals surface area (Å²) in [5.74, 6) is 0.776. The second kappa shape index (κ2) is 8.58. The molecule has 1 heterocycles. The molecule has 1 aromatic rings. The predicted octanol–water partition coefficient (Wildman–Crippen LogP) is 3.22. The Morgan fingerprint density at radius 3 is 2.35 bits per heavy atom. The maximum Gasteiger partial charge on any atom is 0.229 e. The Hall–Kier alpha value is -0.490. The minimum Gasteiger partial charge on any atom is -0.341 e. The highest BCUT2D eigenvalue weighted by molar-refractivity contribution is 8.68. The van der Waals surface area contributed by atoms with Gasteiger partial charge in [0.05, 0.1) is 0 Å². The van der Waals surface area contributed by atoms with E-state index in [1.165, 1.54) is 36.5 Å². The maximum absolute atomic E-state index is 4.39. The van der Waals surface area contributed by atoms with Crippen molar-refractivity contribution in [3.8, 4) is 0 Å². The van der Waals surface area contributed by atoms with Crippen LogP contribution in [0, 0.1) is 0 Å². The average molecular weight is 272 g/mol. The zero-order valence-corrected chi connectivity index (χ0v) is 12.2. The van der Waals surface area contributed by atoms with Crippen LogP contribution in [0.15, 0.2) is 11.5 Å². The van der Waals surface area contributed by atoms with Crippen LogP contribution in [0.1, 0.15) is 39.5 Å². The zero-order chi connectivity index (χ0) is 12.5. The molecule has 0 aliphatic heterocycles. The van der Waals surface area contributed by atoms with Gasteiger partial charge in [0.15, 0.2) is 0 Å². The highest BCUT2D eigenvalue weighted by Gasteiger charge is 2.09. The van der Waals surface area contributed by atoms with Gasteiger partial charge in [0.25, 0.3) is 0 Å². The van der Waals surface area contributed by atoms with E-state index in [-0.39, 0.29) is 0 Å². The minimum absolute atomic E-state index is 0.663. The van der Waals surface area contributed by atoms with Crippen LogP contribution < -0.4 is 4.90 Å². The maximum atomic E-state index is 4.39. The molecule has 1 rings (SSSR count). The van der Waals surface area contributed by atoms with E-state index in [9.17, 15) is 0 Å². The predicted molar refractivity (Wildman–Crippen MR) is 76.7 cm³/mol. The monoisotopic (exact) mass is 272 g/mol. The first-order valence-corrected chi connectivity index (χ1v) is 7.94. The number of anilines is 1. The van der Waals surface area contributed by atoms with Gasteiger partial charge >= 0.3 is 0 Å². The molecule has 0 N–H and O–H groups in total. The molecule has 0 fully saturated rings. The summed E-state index contributed by atoms with van der Waals surface area (Å²) in [6.45, 7) is 6.41. The fourth-order valence-electron chi connectivity index (χ4n) is 1.48. The molecule has 0 saturated heterocycles. The van der Waals surface area contributed by atoms with Crippen molar-refractivity contribution in [2.45, 2.75) is 44.7 Å². The molecule has 4 nitrogen and oxygen atoms in total. The first-order chi connectivity index (χ1) is 8.31. The highest BCUT2D eigenvalue weighted by Crippen LogP contribution is 2.18. The molecule has 96 valence electrons. The van der Waals surface area contributed by atoms with E-state index in [0.29, 0.717) is 5.16 Å². The molecule has 0 aliphatic carbocycles. The lowest BCUT2D eigenvalue weighted by Gasteiger charge is -2.22. The summed E-state index contributed by atoms with van der Waals surface area (Å²) < 4.78 is 0. The van der Waals surface area contributed by atoms with Crippen molar-refractivity contribution >= 4 is 28.4 Å². The minimum atomic E-state index is 0.663. The van der Waals surface area contributed by atoms with Crippen LogP contribution in [0.2, 0.25) is 0 Å². The molecule has 6 heteroatoms. The third-order valence-corrected chi connectivity index (χ3v) is 3.31. The van der Waals surface area contributed by atoms with Crippen molar-refractivity contribution in [1.82, 2.24) is 15.0 Å². The quantitative estimate of drug-likeness (QED) is 0.581. The first kappa shape index (κ1) is 14.6. The lowest BCUT2D eigenvalue weighted by atomic mass is 10.3. The van der Waals surface area contributed by atoms with Gasteiger partial charge in [-0.1, -0.05) is 26.7 Å². The number of aromatic nitrogens is 3. The third kappa shape index (κ3) is 5.12. The topological polar surface area (TPSA) is 41.9 Å². The second-order valence-corrected chi connectivity index (χ2v) is 4.95. The number of hydrogen-bond acceptors (Lipinski definition) is 6. The summed E-state index contributed by atoms with van der Waals surface area (Å²) >= 11 is 4.11. The number of rotatable bonds is 8. The molecule has 0 aromatic carbocycles. The number of nitrogens with zero attached hydrogens (tertiary/aromatic N) is 4. The summed E-state index contributed by atoms with van der Waals surface area (Å²) in [7, 11) is 1.25. The van der Waals surface area contributed by atoms with Gasteiger partial charge in [-0.3, -0.25) is 0 Å². The van der Waals surface area contributed by atoms with Crippen molar-refractivity contribution in [3.63, 3.8) is 0 Å². The average Bonchev–Trinajstić information content (AvgIpc) is 2.39. The van der Waals surface area contributed by atoms with E-state index < -0.39 is 0 Å². The third-order valence-electron chi connectivity index (χ3n) is 2.46. The van der Waals surface area contributed by atoms with E-state index in [1.54, 1.807) is 6.33 Å². The van der Waals surface area contributed by atoms with Gasteiger partial charge in [-0.2, -0.15) is 4.98 Å². The first-order valence-electron chi connectivity index (χ1n) is 6.07. The van der Waals surface area contributed by atoms with Gasteiger partial charge in [-0.15, -0.1) is 11.7 Å². The van der Waals surface area contributed by atoms with E-state index in [1.807, 2.05) is 0 Å². The van der Waals surface area contributed by atoms with Crippen molar-refractivity contribution in [1.29, 1.82) is 0 Å². The van der Waals surface area contributed by atoms with Crippen LogP contribution in [0.25, 0.3) is 0 Å². The van der Waals surface area contributed by atoms with Crippen molar-refractivity contribution in [2.24, 2.45) is 0 Å². The molecule has 0 bridgehead atoms. The second-order valence-electron chi connectivity index (χ2n) is 3.85. The van der Waals surface area contributed by atoms with Gasteiger partial charge in [-0.05, 0) is 23.6 Å². The summed E-state index contributed by atoms with van der Waals surface area (Å²) in [5, 5.41) is 0.663. The van der Waals surface area contributed by atoms with E-state index in [0.717, 1.165) is 19.0 Å². The van der Waals surface area contributed by atoms with Crippen LogP contribution in [0.5, 0.6) is 0 Å². The van der Waals surface area contributed by atoms with Gasteiger partial charge in [0.2, 0.25) is 11.1 Å². The summed E-state index contributed by atoms with van der Waals surface area (Å²) in [5.41, 5.74) is 0. The van der Waals surface area contributed by atoms with Crippen LogP contribution >= 0.6 is 22.5 Å². The Balaban J connectivity index is 2.71. The van der Waals surface area contributed by atoms with E-state index in [2.05, 4.69) is 45.4 Å². The SMILES string of the molecule is CCCCN(CCCC)c1ncnc(SS)n1.